The SMILES string of the molecule is CN(C[C@@H]1Cc2ccccc2O1)C(=O)Cc1n[nH]c(=O)[nH]1. The zero-order valence-electron chi connectivity index (χ0n) is 11.6. The van der Waals surface area contributed by atoms with Crippen molar-refractivity contribution in [2.24, 2.45) is 0 Å². The maximum absolute atomic E-state index is 12.1. The number of benzene rings is 1. The van der Waals surface area contributed by atoms with Gasteiger partial charge in [-0.05, 0) is 11.6 Å². The number of likely N-dealkylation sites (N-methyl/N-ethyl adjacent to an activating group) is 1. The zero-order valence-corrected chi connectivity index (χ0v) is 11.6. The molecular weight excluding hydrogens is 272 g/mol. The van der Waals surface area contributed by atoms with Crippen LogP contribution in [0.4, 0.5) is 0 Å². The molecule has 21 heavy (non-hydrogen) atoms. The lowest BCUT2D eigenvalue weighted by Gasteiger charge is -2.20. The second kappa shape index (κ2) is 5.43. The number of rotatable bonds is 4. The van der Waals surface area contributed by atoms with E-state index < -0.39 is 5.69 Å². The molecule has 2 aromatic rings. The zero-order chi connectivity index (χ0) is 14.8. The van der Waals surface area contributed by atoms with Gasteiger partial charge in [-0.15, -0.1) is 0 Å². The summed E-state index contributed by atoms with van der Waals surface area (Å²) in [6.07, 6.45) is 0.830. The Hall–Kier alpha value is -2.57. The minimum absolute atomic E-state index is 0.0328. The number of fused-ring (bicyclic) bond motifs is 1. The molecule has 7 heteroatoms. The fourth-order valence-electron chi connectivity index (χ4n) is 2.43. The minimum atomic E-state index is -0.407. The van der Waals surface area contributed by atoms with Crippen LogP contribution in [0.5, 0.6) is 5.75 Å². The molecule has 2 heterocycles. The number of hydrogen-bond donors (Lipinski definition) is 2. The number of para-hydroxylation sites is 1. The number of ether oxygens (including phenoxy) is 1. The van der Waals surface area contributed by atoms with Crippen LogP contribution in [0.15, 0.2) is 29.1 Å². The Morgan fingerprint density at radius 2 is 2.29 bits per heavy atom. The van der Waals surface area contributed by atoms with Crippen LogP contribution in [0.3, 0.4) is 0 Å². The molecule has 0 aliphatic carbocycles. The smallest absolute Gasteiger partial charge is 0.340 e. The van der Waals surface area contributed by atoms with E-state index in [2.05, 4.69) is 15.2 Å². The molecule has 7 nitrogen and oxygen atoms in total. The van der Waals surface area contributed by atoms with E-state index in [1.54, 1.807) is 11.9 Å². The summed E-state index contributed by atoms with van der Waals surface area (Å²) in [5.74, 6) is 1.12. The lowest BCUT2D eigenvalue weighted by atomic mass is 10.1. The molecule has 1 aliphatic heterocycles. The van der Waals surface area contributed by atoms with Gasteiger partial charge < -0.3 is 9.64 Å². The summed E-state index contributed by atoms with van der Waals surface area (Å²) in [4.78, 5) is 27.1. The monoisotopic (exact) mass is 288 g/mol. The van der Waals surface area contributed by atoms with Crippen molar-refractivity contribution >= 4 is 5.91 Å². The van der Waals surface area contributed by atoms with E-state index in [1.807, 2.05) is 24.3 Å². The van der Waals surface area contributed by atoms with Gasteiger partial charge in [0, 0.05) is 13.5 Å². The largest absolute Gasteiger partial charge is 0.488 e. The van der Waals surface area contributed by atoms with Gasteiger partial charge in [-0.1, -0.05) is 18.2 Å². The molecule has 1 aromatic carbocycles. The fraction of sp³-hybridized carbons (Fsp3) is 0.357. The maximum Gasteiger partial charge on any atom is 0.340 e. The highest BCUT2D eigenvalue weighted by molar-refractivity contribution is 5.77. The summed E-state index contributed by atoms with van der Waals surface area (Å²) < 4.78 is 5.81. The van der Waals surface area contributed by atoms with Crippen LogP contribution in [0.25, 0.3) is 0 Å². The highest BCUT2D eigenvalue weighted by atomic mass is 16.5. The van der Waals surface area contributed by atoms with Gasteiger partial charge in [-0.25, -0.2) is 9.89 Å². The molecule has 3 rings (SSSR count). The molecular formula is C14H16N4O3. The van der Waals surface area contributed by atoms with Gasteiger partial charge in [0.05, 0.1) is 13.0 Å². The molecule has 110 valence electrons. The Kier molecular flexibility index (Phi) is 3.47. The molecule has 0 bridgehead atoms. The first-order valence-corrected chi connectivity index (χ1v) is 6.74. The molecule has 1 atom stereocenters. The first-order chi connectivity index (χ1) is 10.1. The van der Waals surface area contributed by atoms with Crippen molar-refractivity contribution in [1.82, 2.24) is 20.1 Å². The second-order valence-corrected chi connectivity index (χ2v) is 5.13. The molecule has 0 spiro atoms. The Labute approximate surface area is 120 Å². The summed E-state index contributed by atoms with van der Waals surface area (Å²) in [5, 5.41) is 5.97. The second-order valence-electron chi connectivity index (χ2n) is 5.13. The van der Waals surface area contributed by atoms with Crippen LogP contribution < -0.4 is 10.4 Å². The van der Waals surface area contributed by atoms with Gasteiger partial charge in [-0.3, -0.25) is 9.78 Å². The predicted octanol–water partition coefficient (Wildman–Crippen LogP) is 0.103. The fourth-order valence-corrected chi connectivity index (χ4v) is 2.43. The molecule has 1 aliphatic rings. The van der Waals surface area contributed by atoms with Gasteiger partial charge in [0.1, 0.15) is 17.7 Å². The molecule has 0 fully saturated rings. The van der Waals surface area contributed by atoms with Gasteiger partial charge in [-0.2, -0.15) is 5.10 Å². The van der Waals surface area contributed by atoms with Crippen molar-refractivity contribution in [2.75, 3.05) is 13.6 Å². The van der Waals surface area contributed by atoms with Crippen molar-refractivity contribution in [3.63, 3.8) is 0 Å². The first kappa shape index (κ1) is 13.4. The van der Waals surface area contributed by atoms with Crippen LogP contribution in [-0.2, 0) is 17.6 Å². The Bertz CT molecular complexity index is 681. The number of aromatic amines is 2. The van der Waals surface area contributed by atoms with Crippen LogP contribution >= 0.6 is 0 Å². The Morgan fingerprint density at radius 3 is 3.00 bits per heavy atom. The van der Waals surface area contributed by atoms with E-state index in [4.69, 9.17) is 4.74 Å². The van der Waals surface area contributed by atoms with Crippen LogP contribution in [-0.4, -0.2) is 45.7 Å². The van der Waals surface area contributed by atoms with Crippen molar-refractivity contribution in [3.05, 3.63) is 46.1 Å². The lowest BCUT2D eigenvalue weighted by molar-refractivity contribution is -0.130. The van der Waals surface area contributed by atoms with Crippen LogP contribution in [0.1, 0.15) is 11.4 Å². The van der Waals surface area contributed by atoms with Crippen LogP contribution in [0.2, 0.25) is 0 Å². The third-order valence-corrected chi connectivity index (χ3v) is 3.49. The number of amides is 1. The average molecular weight is 288 g/mol. The number of aromatic nitrogens is 3. The summed E-state index contributed by atoms with van der Waals surface area (Å²) in [6, 6.07) is 7.88. The average Bonchev–Trinajstić information content (AvgIpc) is 3.04. The summed E-state index contributed by atoms with van der Waals surface area (Å²) in [7, 11) is 1.72. The highest BCUT2D eigenvalue weighted by Crippen LogP contribution is 2.28. The van der Waals surface area contributed by atoms with Gasteiger partial charge in [0.15, 0.2) is 0 Å². The van der Waals surface area contributed by atoms with Crippen LogP contribution in [0, 0.1) is 0 Å². The normalized spacial score (nSPS) is 16.3. The summed E-state index contributed by atoms with van der Waals surface area (Å²) in [5.41, 5.74) is 0.759. The third-order valence-electron chi connectivity index (χ3n) is 3.49. The molecule has 0 unspecified atom stereocenters. The predicted molar refractivity (Wildman–Crippen MR) is 75.1 cm³/mol. The third kappa shape index (κ3) is 2.96. The number of hydrogen-bond acceptors (Lipinski definition) is 4. The Balaban J connectivity index is 1.56. The topological polar surface area (TPSA) is 91.1 Å². The number of nitrogens with zero attached hydrogens (tertiary/aromatic N) is 2. The lowest BCUT2D eigenvalue weighted by Crippen LogP contribution is -2.37. The molecule has 0 saturated heterocycles. The Morgan fingerprint density at radius 1 is 1.48 bits per heavy atom. The van der Waals surface area contributed by atoms with Gasteiger partial charge in [0.2, 0.25) is 5.91 Å². The van der Waals surface area contributed by atoms with E-state index in [0.717, 1.165) is 12.2 Å². The van der Waals surface area contributed by atoms with Gasteiger partial charge in [0.25, 0.3) is 0 Å². The minimum Gasteiger partial charge on any atom is -0.488 e. The van der Waals surface area contributed by atoms with E-state index >= 15 is 0 Å². The van der Waals surface area contributed by atoms with E-state index in [1.165, 1.54) is 5.56 Å². The van der Waals surface area contributed by atoms with Crippen molar-refractivity contribution in [1.29, 1.82) is 0 Å². The van der Waals surface area contributed by atoms with Crippen molar-refractivity contribution in [3.8, 4) is 5.75 Å². The number of nitrogens with one attached hydrogen (secondary N) is 2. The van der Waals surface area contributed by atoms with Gasteiger partial charge >= 0.3 is 5.69 Å². The van der Waals surface area contributed by atoms with E-state index in [9.17, 15) is 9.59 Å². The molecule has 0 radical (unpaired) electrons. The van der Waals surface area contributed by atoms with E-state index in [-0.39, 0.29) is 18.4 Å². The summed E-state index contributed by atoms with van der Waals surface area (Å²) >= 11 is 0. The van der Waals surface area contributed by atoms with Crippen molar-refractivity contribution < 1.29 is 9.53 Å². The van der Waals surface area contributed by atoms with Crippen molar-refractivity contribution in [2.45, 2.75) is 18.9 Å². The maximum atomic E-state index is 12.1. The van der Waals surface area contributed by atoms with E-state index in [0.29, 0.717) is 12.4 Å². The number of carbonyl (C=O) groups is 1. The number of carbonyl (C=O) groups excluding carboxylic acids is 1. The number of H-pyrrole nitrogens is 2. The first-order valence-electron chi connectivity index (χ1n) is 6.74. The summed E-state index contributed by atoms with van der Waals surface area (Å²) in [6.45, 7) is 0.502. The molecule has 0 saturated carbocycles. The molecule has 1 amide bonds. The molecule has 1 aromatic heterocycles. The quantitative estimate of drug-likeness (QED) is 0.835. The highest BCUT2D eigenvalue weighted by Gasteiger charge is 2.25. The standard InChI is InChI=1S/C14H16N4O3/c1-18(13(19)7-12-15-14(20)17-16-12)8-10-6-9-4-2-3-5-11(9)21-10/h2-5,10H,6-8H2,1H3,(H2,15,16,17,20)/t10-/m0/s1. The molecule has 2 N–H and O–H groups in total.